The highest BCUT2D eigenvalue weighted by Crippen LogP contribution is 2.03. The lowest BCUT2D eigenvalue weighted by Gasteiger charge is -2.06. The second-order valence-corrected chi connectivity index (χ2v) is 3.64. The van der Waals surface area contributed by atoms with Crippen LogP contribution in [0.15, 0.2) is 24.3 Å². The molecule has 100 valence electrons. The predicted molar refractivity (Wildman–Crippen MR) is 61.9 cm³/mol. The van der Waals surface area contributed by atoms with Crippen LogP contribution >= 0.6 is 0 Å². The number of hydrogen-bond acceptors (Lipinski definition) is 3. The van der Waals surface area contributed by atoms with E-state index in [0.29, 0.717) is 13.1 Å². The number of ether oxygens (including phenoxy) is 1. The Morgan fingerprint density at radius 2 is 2.00 bits per heavy atom. The molecule has 0 heterocycles. The molecule has 0 bridgehead atoms. The SMILES string of the molecule is O=C(O)c1ccc(CNCCOCC(F)F)cc1. The highest BCUT2D eigenvalue weighted by Gasteiger charge is 2.02. The molecule has 0 saturated heterocycles. The topological polar surface area (TPSA) is 58.6 Å². The third kappa shape index (κ3) is 5.70. The van der Waals surface area contributed by atoms with E-state index in [4.69, 9.17) is 9.84 Å². The molecule has 18 heavy (non-hydrogen) atoms. The van der Waals surface area contributed by atoms with Crippen LogP contribution < -0.4 is 5.32 Å². The van der Waals surface area contributed by atoms with Gasteiger partial charge in [-0.25, -0.2) is 13.6 Å². The van der Waals surface area contributed by atoms with Crippen molar-refractivity contribution in [3.05, 3.63) is 35.4 Å². The lowest BCUT2D eigenvalue weighted by Crippen LogP contribution is -2.20. The van der Waals surface area contributed by atoms with E-state index in [0.717, 1.165) is 5.56 Å². The average molecular weight is 259 g/mol. The fourth-order valence-electron chi connectivity index (χ4n) is 1.31. The second-order valence-electron chi connectivity index (χ2n) is 3.64. The van der Waals surface area contributed by atoms with Crippen molar-refractivity contribution in [3.63, 3.8) is 0 Å². The molecule has 0 aliphatic heterocycles. The molecule has 0 aliphatic carbocycles. The zero-order chi connectivity index (χ0) is 13.4. The zero-order valence-electron chi connectivity index (χ0n) is 9.73. The number of nitrogens with one attached hydrogen (secondary N) is 1. The Balaban J connectivity index is 2.17. The van der Waals surface area contributed by atoms with E-state index in [1.807, 2.05) is 0 Å². The number of carboxylic acids is 1. The predicted octanol–water partition coefficient (Wildman–Crippen LogP) is 1.76. The van der Waals surface area contributed by atoms with E-state index in [-0.39, 0.29) is 12.2 Å². The Morgan fingerprint density at radius 1 is 1.33 bits per heavy atom. The standard InChI is InChI=1S/C12H15F2NO3/c13-11(14)8-18-6-5-15-7-9-1-3-10(4-2-9)12(16)17/h1-4,11,15H,5-8H2,(H,16,17). The summed E-state index contributed by atoms with van der Waals surface area (Å²) in [5, 5.41) is 11.7. The Bertz CT molecular complexity index is 368. The molecule has 0 radical (unpaired) electrons. The van der Waals surface area contributed by atoms with Crippen LogP contribution in [0.2, 0.25) is 0 Å². The number of carbonyl (C=O) groups is 1. The lowest BCUT2D eigenvalue weighted by molar-refractivity contribution is 0.0187. The van der Waals surface area contributed by atoms with Crippen molar-refractivity contribution in [1.29, 1.82) is 0 Å². The summed E-state index contributed by atoms with van der Waals surface area (Å²) in [5.74, 6) is -0.963. The van der Waals surface area contributed by atoms with Gasteiger partial charge < -0.3 is 15.2 Å². The van der Waals surface area contributed by atoms with Gasteiger partial charge in [0, 0.05) is 13.1 Å². The van der Waals surface area contributed by atoms with Crippen molar-refractivity contribution < 1.29 is 23.4 Å². The summed E-state index contributed by atoms with van der Waals surface area (Å²) < 4.78 is 28.1. The van der Waals surface area contributed by atoms with Crippen LogP contribution in [0.25, 0.3) is 0 Å². The van der Waals surface area contributed by atoms with Crippen molar-refractivity contribution in [2.24, 2.45) is 0 Å². The molecule has 0 amide bonds. The van der Waals surface area contributed by atoms with Crippen LogP contribution in [0, 0.1) is 0 Å². The highest BCUT2D eigenvalue weighted by molar-refractivity contribution is 5.87. The van der Waals surface area contributed by atoms with Gasteiger partial charge in [0.15, 0.2) is 0 Å². The van der Waals surface area contributed by atoms with Crippen molar-refractivity contribution in [2.45, 2.75) is 13.0 Å². The van der Waals surface area contributed by atoms with Gasteiger partial charge in [-0.15, -0.1) is 0 Å². The van der Waals surface area contributed by atoms with Gasteiger partial charge in [0.25, 0.3) is 6.43 Å². The quantitative estimate of drug-likeness (QED) is 0.698. The minimum atomic E-state index is -2.44. The molecule has 1 aromatic rings. The summed E-state index contributed by atoms with van der Waals surface area (Å²) in [5.41, 5.74) is 1.16. The molecular weight excluding hydrogens is 244 g/mol. The molecule has 6 heteroatoms. The molecule has 0 saturated carbocycles. The molecule has 0 aromatic heterocycles. The first-order valence-electron chi connectivity index (χ1n) is 5.48. The van der Waals surface area contributed by atoms with Crippen LogP contribution in [0.3, 0.4) is 0 Å². The summed E-state index contributed by atoms with van der Waals surface area (Å²) in [6.45, 7) is 0.678. The van der Waals surface area contributed by atoms with Crippen LogP contribution in [-0.2, 0) is 11.3 Å². The molecule has 0 atom stereocenters. The van der Waals surface area contributed by atoms with E-state index in [1.54, 1.807) is 12.1 Å². The fraction of sp³-hybridized carbons (Fsp3) is 0.417. The summed E-state index contributed by atoms with van der Waals surface area (Å²) in [6.07, 6.45) is -2.44. The third-order valence-corrected chi connectivity index (χ3v) is 2.20. The van der Waals surface area contributed by atoms with E-state index in [9.17, 15) is 13.6 Å². The second kappa shape index (κ2) is 7.73. The minimum absolute atomic E-state index is 0.220. The number of halogens is 2. The van der Waals surface area contributed by atoms with Crippen molar-refractivity contribution >= 4 is 5.97 Å². The summed E-state index contributed by atoms with van der Waals surface area (Å²) in [7, 11) is 0. The van der Waals surface area contributed by atoms with Crippen LogP contribution in [0.1, 0.15) is 15.9 Å². The Labute approximate surface area is 104 Å². The third-order valence-electron chi connectivity index (χ3n) is 2.20. The number of benzene rings is 1. The normalized spacial score (nSPS) is 10.8. The van der Waals surface area contributed by atoms with Gasteiger partial charge in [-0.3, -0.25) is 0 Å². The Hall–Kier alpha value is -1.53. The largest absolute Gasteiger partial charge is 0.478 e. The maximum atomic E-state index is 11.7. The van der Waals surface area contributed by atoms with Crippen LogP contribution in [0.5, 0.6) is 0 Å². The molecule has 0 unspecified atom stereocenters. The van der Waals surface area contributed by atoms with Gasteiger partial charge in [-0.2, -0.15) is 0 Å². The highest BCUT2D eigenvalue weighted by atomic mass is 19.3. The first-order valence-corrected chi connectivity index (χ1v) is 5.48. The molecule has 4 nitrogen and oxygen atoms in total. The van der Waals surface area contributed by atoms with Gasteiger partial charge in [0.2, 0.25) is 0 Å². The van der Waals surface area contributed by atoms with Gasteiger partial charge >= 0.3 is 5.97 Å². The van der Waals surface area contributed by atoms with Crippen molar-refractivity contribution in [1.82, 2.24) is 5.32 Å². The molecule has 0 fully saturated rings. The number of aromatic carboxylic acids is 1. The molecule has 0 spiro atoms. The van der Waals surface area contributed by atoms with Crippen LogP contribution in [-0.4, -0.2) is 37.3 Å². The van der Waals surface area contributed by atoms with E-state index in [1.165, 1.54) is 12.1 Å². The molecule has 1 rings (SSSR count). The first kappa shape index (κ1) is 14.5. The maximum Gasteiger partial charge on any atom is 0.335 e. The fourth-order valence-corrected chi connectivity index (χ4v) is 1.31. The van der Waals surface area contributed by atoms with Gasteiger partial charge in [-0.05, 0) is 17.7 Å². The Kier molecular flexibility index (Phi) is 6.24. The van der Waals surface area contributed by atoms with Crippen molar-refractivity contribution in [2.75, 3.05) is 19.8 Å². The lowest BCUT2D eigenvalue weighted by atomic mass is 10.1. The summed E-state index contributed by atoms with van der Waals surface area (Å²) >= 11 is 0. The zero-order valence-corrected chi connectivity index (χ0v) is 9.73. The Morgan fingerprint density at radius 3 is 2.56 bits per heavy atom. The monoisotopic (exact) mass is 259 g/mol. The van der Waals surface area contributed by atoms with E-state index in [2.05, 4.69) is 5.32 Å². The van der Waals surface area contributed by atoms with E-state index >= 15 is 0 Å². The first-order chi connectivity index (χ1) is 8.59. The number of hydrogen-bond donors (Lipinski definition) is 2. The molecule has 2 N–H and O–H groups in total. The van der Waals surface area contributed by atoms with Crippen LogP contribution in [0.4, 0.5) is 8.78 Å². The van der Waals surface area contributed by atoms with Gasteiger partial charge in [0.05, 0.1) is 12.2 Å². The molecule has 0 aliphatic rings. The van der Waals surface area contributed by atoms with E-state index < -0.39 is 19.0 Å². The molecule has 1 aromatic carbocycles. The summed E-state index contributed by atoms with van der Waals surface area (Å²) in [4.78, 5) is 10.6. The number of rotatable bonds is 8. The average Bonchev–Trinajstić information content (AvgIpc) is 2.34. The summed E-state index contributed by atoms with van der Waals surface area (Å²) in [6, 6.07) is 6.45. The maximum absolute atomic E-state index is 11.7. The smallest absolute Gasteiger partial charge is 0.335 e. The number of alkyl halides is 2. The van der Waals surface area contributed by atoms with Gasteiger partial charge in [-0.1, -0.05) is 12.1 Å². The van der Waals surface area contributed by atoms with Crippen molar-refractivity contribution in [3.8, 4) is 0 Å². The van der Waals surface area contributed by atoms with Gasteiger partial charge in [0.1, 0.15) is 6.61 Å². The number of carboxylic acid groups (broad SMARTS) is 1. The minimum Gasteiger partial charge on any atom is -0.478 e. The molecular formula is C12H15F2NO3.